The van der Waals surface area contributed by atoms with Gasteiger partial charge in [0.25, 0.3) is 0 Å². The van der Waals surface area contributed by atoms with E-state index in [4.69, 9.17) is 16.3 Å². The van der Waals surface area contributed by atoms with Crippen LogP contribution in [-0.4, -0.2) is 51.9 Å². The maximum absolute atomic E-state index is 12.7. The number of hydrogen-bond acceptors (Lipinski definition) is 5. The number of benzene rings is 1. The minimum absolute atomic E-state index is 0.0312. The predicted molar refractivity (Wildman–Crippen MR) is 92.4 cm³/mol. The maximum atomic E-state index is 12.7. The van der Waals surface area contributed by atoms with Crippen LogP contribution in [0, 0.1) is 0 Å². The van der Waals surface area contributed by atoms with Gasteiger partial charge in [-0.15, -0.1) is 0 Å². The first-order valence-electron chi connectivity index (χ1n) is 7.72. The van der Waals surface area contributed by atoms with Gasteiger partial charge in [0.1, 0.15) is 16.8 Å². The van der Waals surface area contributed by atoms with Crippen molar-refractivity contribution in [3.8, 4) is 17.0 Å². The first-order chi connectivity index (χ1) is 12.6. The zero-order chi connectivity index (χ0) is 20.4. The molecule has 1 unspecified atom stereocenters. The number of carboxylic acids is 1. The number of hydrogen-bond donors (Lipinski definition) is 3. The molecule has 1 aromatic carbocycles. The van der Waals surface area contributed by atoms with Crippen molar-refractivity contribution in [2.45, 2.75) is 25.7 Å². The molecule has 0 aliphatic heterocycles. The molecule has 0 spiro atoms. The first kappa shape index (κ1) is 20.8. The van der Waals surface area contributed by atoms with E-state index in [2.05, 4.69) is 10.4 Å². The molecule has 2 aromatic rings. The summed E-state index contributed by atoms with van der Waals surface area (Å²) >= 11 is 6.14. The van der Waals surface area contributed by atoms with E-state index in [1.165, 1.54) is 30.0 Å². The van der Waals surface area contributed by atoms with E-state index in [-0.39, 0.29) is 35.3 Å². The third-order valence-electron chi connectivity index (χ3n) is 3.74. The zero-order valence-electron chi connectivity index (χ0n) is 14.3. The molecule has 27 heavy (non-hydrogen) atoms. The Morgan fingerprint density at radius 2 is 2.11 bits per heavy atom. The highest BCUT2D eigenvalue weighted by Crippen LogP contribution is 2.38. The molecule has 2 rings (SSSR count). The Morgan fingerprint density at radius 1 is 1.44 bits per heavy atom. The summed E-state index contributed by atoms with van der Waals surface area (Å²) in [6.07, 6.45) is -4.43. The number of halogens is 4. The number of aliphatic hydroxyl groups excluding tert-OH is 1. The maximum Gasteiger partial charge on any atom is 0.408 e. The van der Waals surface area contributed by atoms with Crippen molar-refractivity contribution >= 4 is 23.3 Å². The van der Waals surface area contributed by atoms with Gasteiger partial charge in [0.15, 0.2) is 5.69 Å². The molecular formula is C16H17ClF3N3O4. The summed E-state index contributed by atoms with van der Waals surface area (Å²) in [5.41, 5.74) is 0.245. The van der Waals surface area contributed by atoms with Crippen molar-refractivity contribution in [3.63, 3.8) is 0 Å². The highest BCUT2D eigenvalue weighted by Gasteiger charge is 2.36. The van der Waals surface area contributed by atoms with E-state index in [1.54, 1.807) is 0 Å². The summed E-state index contributed by atoms with van der Waals surface area (Å²) < 4.78 is 44.6. The summed E-state index contributed by atoms with van der Waals surface area (Å²) in [7, 11) is 1.31. The van der Waals surface area contributed by atoms with Crippen LogP contribution >= 0.6 is 11.6 Å². The lowest BCUT2D eigenvalue weighted by Gasteiger charge is -2.19. The number of aliphatic hydroxyl groups is 1. The van der Waals surface area contributed by atoms with E-state index in [1.807, 2.05) is 0 Å². The molecule has 1 aromatic heterocycles. The molecule has 7 nitrogen and oxygen atoms in total. The van der Waals surface area contributed by atoms with Gasteiger partial charge < -0.3 is 20.3 Å². The Hall–Kier alpha value is -2.46. The Kier molecular flexibility index (Phi) is 6.22. The number of ether oxygens (including phenoxy) is 1. The summed E-state index contributed by atoms with van der Waals surface area (Å²) in [5.74, 6) is -1.19. The SMILES string of the molecule is COc1cc(NC(C)C(F)(F)F)ccc1-c1c(Cl)c(C(=O)O)nn1CCO. The van der Waals surface area contributed by atoms with Crippen molar-refractivity contribution in [1.29, 1.82) is 0 Å². The van der Waals surface area contributed by atoms with Crippen molar-refractivity contribution in [2.24, 2.45) is 0 Å². The van der Waals surface area contributed by atoms with E-state index < -0.39 is 23.9 Å². The molecule has 0 aliphatic rings. The summed E-state index contributed by atoms with van der Waals surface area (Å²) in [6.45, 7) is 0.623. The van der Waals surface area contributed by atoms with Crippen molar-refractivity contribution < 1.29 is 32.9 Å². The average Bonchev–Trinajstić information content (AvgIpc) is 2.91. The molecule has 0 saturated carbocycles. The molecular weight excluding hydrogens is 391 g/mol. The van der Waals surface area contributed by atoms with E-state index in [9.17, 15) is 28.2 Å². The highest BCUT2D eigenvalue weighted by molar-refractivity contribution is 6.35. The molecule has 0 bridgehead atoms. The number of nitrogens with one attached hydrogen (secondary N) is 1. The number of anilines is 1. The molecule has 0 aliphatic carbocycles. The highest BCUT2D eigenvalue weighted by atomic mass is 35.5. The molecule has 0 amide bonds. The van der Waals surface area contributed by atoms with Crippen molar-refractivity contribution in [1.82, 2.24) is 9.78 Å². The lowest BCUT2D eigenvalue weighted by molar-refractivity contribution is -0.138. The van der Waals surface area contributed by atoms with Crippen molar-refractivity contribution in [3.05, 3.63) is 28.9 Å². The number of carbonyl (C=O) groups is 1. The molecule has 0 saturated heterocycles. The Labute approximate surface area is 157 Å². The first-order valence-corrected chi connectivity index (χ1v) is 8.10. The van der Waals surface area contributed by atoms with Crippen molar-refractivity contribution in [2.75, 3.05) is 19.0 Å². The second-order valence-corrected chi connectivity index (χ2v) is 5.96. The van der Waals surface area contributed by atoms with Crippen LogP contribution < -0.4 is 10.1 Å². The number of methoxy groups -OCH3 is 1. The standard InChI is InChI=1S/C16H17ClF3N3O4/c1-8(16(18,19)20)21-9-3-4-10(11(7-9)27-2)14-12(17)13(15(25)26)22-23(14)5-6-24/h3-4,7-8,21,24H,5-6H2,1-2H3,(H,25,26). The number of aromatic nitrogens is 2. The van der Waals surface area contributed by atoms with Gasteiger partial charge in [0, 0.05) is 17.3 Å². The number of carboxylic acid groups (broad SMARTS) is 1. The second kappa shape index (κ2) is 8.05. The minimum Gasteiger partial charge on any atom is -0.496 e. The van der Waals surface area contributed by atoms with Crippen LogP contribution in [-0.2, 0) is 6.54 Å². The van der Waals surface area contributed by atoms with Crippen LogP contribution in [0.2, 0.25) is 5.02 Å². The van der Waals surface area contributed by atoms with Gasteiger partial charge in [-0.1, -0.05) is 11.6 Å². The molecule has 0 radical (unpaired) electrons. The number of rotatable bonds is 7. The third-order valence-corrected chi connectivity index (χ3v) is 4.10. The fraction of sp³-hybridized carbons (Fsp3) is 0.375. The lowest BCUT2D eigenvalue weighted by atomic mass is 10.1. The van der Waals surface area contributed by atoms with Gasteiger partial charge in [0.2, 0.25) is 0 Å². The van der Waals surface area contributed by atoms with Gasteiger partial charge in [-0.3, -0.25) is 4.68 Å². The van der Waals surface area contributed by atoms with Gasteiger partial charge in [-0.25, -0.2) is 4.79 Å². The summed E-state index contributed by atoms with van der Waals surface area (Å²) in [4.78, 5) is 11.3. The Balaban J connectivity index is 2.52. The molecule has 3 N–H and O–H groups in total. The van der Waals surface area contributed by atoms with Crippen LogP contribution in [0.25, 0.3) is 11.3 Å². The average molecular weight is 408 g/mol. The molecule has 1 heterocycles. The predicted octanol–water partition coefficient (Wildman–Crippen LogP) is 3.27. The smallest absolute Gasteiger partial charge is 0.408 e. The minimum atomic E-state index is -4.43. The molecule has 0 fully saturated rings. The van der Waals surface area contributed by atoms with E-state index in [0.717, 1.165) is 6.92 Å². The fourth-order valence-electron chi connectivity index (χ4n) is 2.40. The molecule has 148 valence electrons. The number of aromatic carboxylic acids is 1. The van der Waals surface area contributed by atoms with Crippen LogP contribution in [0.5, 0.6) is 5.75 Å². The van der Waals surface area contributed by atoms with E-state index >= 15 is 0 Å². The largest absolute Gasteiger partial charge is 0.496 e. The van der Waals surface area contributed by atoms with Gasteiger partial charge in [0.05, 0.1) is 26.0 Å². The molecule has 11 heteroatoms. The van der Waals surface area contributed by atoms with Gasteiger partial charge in [-0.05, 0) is 19.1 Å². The number of alkyl halides is 3. The van der Waals surface area contributed by atoms with Crippen LogP contribution in [0.3, 0.4) is 0 Å². The third kappa shape index (κ3) is 4.45. The monoisotopic (exact) mass is 407 g/mol. The lowest BCUT2D eigenvalue weighted by Crippen LogP contribution is -2.33. The number of nitrogens with zero attached hydrogens (tertiary/aromatic N) is 2. The van der Waals surface area contributed by atoms with Crippen LogP contribution in [0.15, 0.2) is 18.2 Å². The summed E-state index contributed by atoms with van der Waals surface area (Å²) in [5, 5.41) is 24.4. The Morgan fingerprint density at radius 3 is 2.63 bits per heavy atom. The van der Waals surface area contributed by atoms with Crippen LogP contribution in [0.1, 0.15) is 17.4 Å². The Bertz CT molecular complexity index is 839. The molecule has 1 atom stereocenters. The zero-order valence-corrected chi connectivity index (χ0v) is 15.1. The second-order valence-electron chi connectivity index (χ2n) is 5.59. The van der Waals surface area contributed by atoms with Gasteiger partial charge >= 0.3 is 12.1 Å². The van der Waals surface area contributed by atoms with Gasteiger partial charge in [-0.2, -0.15) is 18.3 Å². The normalized spacial score (nSPS) is 12.7. The summed E-state index contributed by atoms with van der Waals surface area (Å²) in [6, 6.07) is 2.37. The van der Waals surface area contributed by atoms with Crippen LogP contribution in [0.4, 0.5) is 18.9 Å². The fourth-order valence-corrected chi connectivity index (χ4v) is 2.72. The van der Waals surface area contributed by atoms with E-state index in [0.29, 0.717) is 5.56 Å². The topological polar surface area (TPSA) is 96.6 Å². The quantitative estimate of drug-likeness (QED) is 0.652.